The Morgan fingerprint density at radius 2 is 1.83 bits per heavy atom. The number of rotatable bonds is 7. The number of anilines is 1. The minimum absolute atomic E-state index is 0.0522. The summed E-state index contributed by atoms with van der Waals surface area (Å²) in [4.78, 5) is 31.1. The Labute approximate surface area is 209 Å². The van der Waals surface area contributed by atoms with E-state index >= 15 is 0 Å². The van der Waals surface area contributed by atoms with E-state index in [1.165, 1.54) is 24.4 Å². The highest BCUT2D eigenvalue weighted by molar-refractivity contribution is 7.90. The van der Waals surface area contributed by atoms with E-state index in [0.717, 1.165) is 37.8 Å². The smallest absolute Gasteiger partial charge is 0.263 e. The lowest BCUT2D eigenvalue weighted by atomic mass is 9.96. The van der Waals surface area contributed by atoms with Crippen molar-refractivity contribution in [3.8, 4) is 5.75 Å². The van der Waals surface area contributed by atoms with Crippen molar-refractivity contribution in [2.45, 2.75) is 68.2 Å². The number of sulfone groups is 1. The lowest BCUT2D eigenvalue weighted by molar-refractivity contribution is -0.135. The van der Waals surface area contributed by atoms with Gasteiger partial charge in [-0.05, 0) is 69.9 Å². The van der Waals surface area contributed by atoms with Gasteiger partial charge >= 0.3 is 0 Å². The van der Waals surface area contributed by atoms with Gasteiger partial charge in [-0.25, -0.2) is 13.4 Å². The first-order chi connectivity index (χ1) is 16.3. The Hall–Kier alpha value is -2.85. The standard InChI is InChI=1S/C24H29ClN4O5S/c1-24(2,34-19-8-5-15(25)10-20(19)35(3,32)33)23(31)28-16-11-17-6-7-18(12-16)29(17)21-9-4-14(13-27-21)22(26)30/h4-5,8-10,13,16-18H,6-7,11-12H2,1-3H3,(H2,26,30)(H,28,31)/t16-,17+,18-. The third-order valence-electron chi connectivity index (χ3n) is 6.58. The van der Waals surface area contributed by atoms with Crippen LogP contribution >= 0.6 is 11.6 Å². The number of halogens is 1. The Bertz CT molecular complexity index is 1240. The van der Waals surface area contributed by atoms with E-state index in [1.807, 2.05) is 6.07 Å². The maximum atomic E-state index is 13.2. The predicted molar refractivity (Wildman–Crippen MR) is 132 cm³/mol. The first-order valence-corrected chi connectivity index (χ1v) is 13.7. The average Bonchev–Trinajstić information content (AvgIpc) is 3.04. The van der Waals surface area contributed by atoms with E-state index in [1.54, 1.807) is 19.9 Å². The van der Waals surface area contributed by atoms with Crippen molar-refractivity contribution >= 4 is 39.1 Å². The highest BCUT2D eigenvalue weighted by Gasteiger charge is 2.43. The quantitative estimate of drug-likeness (QED) is 0.573. The fourth-order valence-electron chi connectivity index (χ4n) is 4.89. The van der Waals surface area contributed by atoms with Gasteiger partial charge in [0.2, 0.25) is 5.91 Å². The molecule has 0 spiro atoms. The number of aromatic nitrogens is 1. The Kier molecular flexibility index (Phi) is 6.72. The maximum Gasteiger partial charge on any atom is 0.263 e. The van der Waals surface area contributed by atoms with Crippen LogP contribution in [0.15, 0.2) is 41.4 Å². The summed E-state index contributed by atoms with van der Waals surface area (Å²) in [7, 11) is -3.61. The van der Waals surface area contributed by atoms with Gasteiger partial charge in [0.05, 0.1) is 5.56 Å². The number of benzene rings is 1. The Morgan fingerprint density at radius 1 is 1.17 bits per heavy atom. The van der Waals surface area contributed by atoms with Gasteiger partial charge in [0.15, 0.2) is 15.4 Å². The molecule has 3 heterocycles. The molecule has 188 valence electrons. The third-order valence-corrected chi connectivity index (χ3v) is 7.94. The minimum atomic E-state index is -3.61. The summed E-state index contributed by atoms with van der Waals surface area (Å²) in [6, 6.07) is 8.17. The number of nitrogens with two attached hydrogens (primary N) is 1. The van der Waals surface area contributed by atoms with Crippen molar-refractivity contribution < 1.29 is 22.7 Å². The van der Waals surface area contributed by atoms with Gasteiger partial charge in [-0.15, -0.1) is 0 Å². The van der Waals surface area contributed by atoms with Crippen LogP contribution in [0.5, 0.6) is 5.75 Å². The van der Waals surface area contributed by atoms with Crippen LogP contribution in [0.3, 0.4) is 0 Å². The average molecular weight is 521 g/mol. The SMILES string of the molecule is CC(C)(Oc1ccc(Cl)cc1S(C)(=O)=O)C(=O)N[C@H]1C[C@H]2CC[C@@H](C1)N2c1ccc(C(N)=O)cn1. The van der Waals surface area contributed by atoms with Crippen LogP contribution in [-0.2, 0) is 14.6 Å². The molecule has 1 aromatic heterocycles. The molecule has 2 fully saturated rings. The lowest BCUT2D eigenvalue weighted by Crippen LogP contribution is -2.55. The van der Waals surface area contributed by atoms with Crippen molar-refractivity contribution in [3.05, 3.63) is 47.1 Å². The molecule has 3 atom stereocenters. The number of piperidine rings is 1. The second-order valence-corrected chi connectivity index (χ2v) is 12.1. The fourth-order valence-corrected chi connectivity index (χ4v) is 5.94. The molecule has 2 aromatic rings. The van der Waals surface area contributed by atoms with Gasteiger partial charge in [-0.3, -0.25) is 9.59 Å². The van der Waals surface area contributed by atoms with E-state index in [0.29, 0.717) is 5.56 Å². The van der Waals surface area contributed by atoms with Crippen LogP contribution in [0.4, 0.5) is 5.82 Å². The highest BCUT2D eigenvalue weighted by atomic mass is 35.5. The molecule has 0 unspecified atom stereocenters. The molecule has 2 amide bonds. The molecule has 2 bridgehead atoms. The number of hydrogen-bond acceptors (Lipinski definition) is 7. The second-order valence-electron chi connectivity index (χ2n) is 9.68. The van der Waals surface area contributed by atoms with Crippen LogP contribution in [0.2, 0.25) is 5.02 Å². The molecule has 35 heavy (non-hydrogen) atoms. The van der Waals surface area contributed by atoms with Crippen LogP contribution in [0.25, 0.3) is 0 Å². The molecule has 2 saturated heterocycles. The van der Waals surface area contributed by atoms with Gasteiger partial charge in [0.25, 0.3) is 5.91 Å². The summed E-state index contributed by atoms with van der Waals surface area (Å²) in [6.07, 6.45) is 6.02. The summed E-state index contributed by atoms with van der Waals surface area (Å²) >= 11 is 5.97. The van der Waals surface area contributed by atoms with Gasteiger partial charge in [-0.1, -0.05) is 11.6 Å². The van der Waals surface area contributed by atoms with Crippen LogP contribution in [0, 0.1) is 0 Å². The number of hydrogen-bond donors (Lipinski definition) is 2. The molecule has 2 aliphatic heterocycles. The molecule has 1 aromatic carbocycles. The van der Waals surface area contributed by atoms with Crippen LogP contribution < -0.4 is 20.7 Å². The van der Waals surface area contributed by atoms with Gasteiger partial charge in [0, 0.05) is 35.6 Å². The van der Waals surface area contributed by atoms with Crippen LogP contribution in [-0.4, -0.2) is 55.2 Å². The molecular formula is C24H29ClN4O5S. The molecule has 2 aliphatic rings. The monoisotopic (exact) mass is 520 g/mol. The zero-order valence-electron chi connectivity index (χ0n) is 19.8. The maximum absolute atomic E-state index is 13.2. The Morgan fingerprint density at radius 3 is 2.37 bits per heavy atom. The molecule has 0 saturated carbocycles. The summed E-state index contributed by atoms with van der Waals surface area (Å²) in [5, 5.41) is 3.36. The van der Waals surface area contributed by atoms with Crippen LogP contribution in [0.1, 0.15) is 49.9 Å². The third kappa shape index (κ3) is 5.38. The number of amides is 2. The van der Waals surface area contributed by atoms with E-state index < -0.39 is 21.3 Å². The molecule has 4 rings (SSSR count). The number of primary amides is 1. The number of nitrogens with zero attached hydrogens (tertiary/aromatic N) is 2. The number of carbonyl (C=O) groups excluding carboxylic acids is 2. The predicted octanol–water partition coefficient (Wildman–Crippen LogP) is 2.71. The van der Waals surface area contributed by atoms with E-state index in [9.17, 15) is 18.0 Å². The molecule has 3 N–H and O–H groups in total. The van der Waals surface area contributed by atoms with E-state index in [-0.39, 0.29) is 39.7 Å². The number of fused-ring (bicyclic) bond motifs is 2. The first kappa shape index (κ1) is 25.2. The normalized spacial score (nSPS) is 22.1. The molecule has 11 heteroatoms. The number of carbonyl (C=O) groups is 2. The summed E-state index contributed by atoms with van der Waals surface area (Å²) in [5.41, 5.74) is 4.37. The van der Waals surface area contributed by atoms with E-state index in [4.69, 9.17) is 22.1 Å². The van der Waals surface area contributed by atoms with Crippen molar-refractivity contribution in [3.63, 3.8) is 0 Å². The first-order valence-electron chi connectivity index (χ1n) is 11.4. The number of nitrogens with one attached hydrogen (secondary N) is 1. The van der Waals surface area contributed by atoms with Gasteiger partial charge in [-0.2, -0.15) is 0 Å². The van der Waals surface area contributed by atoms with Crippen molar-refractivity contribution in [1.29, 1.82) is 0 Å². The molecule has 0 aliphatic carbocycles. The fraction of sp³-hybridized carbons (Fsp3) is 0.458. The van der Waals surface area contributed by atoms with Gasteiger partial charge in [0.1, 0.15) is 16.5 Å². The zero-order chi connectivity index (χ0) is 25.5. The van der Waals surface area contributed by atoms with E-state index in [2.05, 4.69) is 15.2 Å². The summed E-state index contributed by atoms with van der Waals surface area (Å²) < 4.78 is 30.3. The molecule has 9 nitrogen and oxygen atoms in total. The van der Waals surface area contributed by atoms with Crippen molar-refractivity contribution in [1.82, 2.24) is 10.3 Å². The lowest BCUT2D eigenvalue weighted by Gasteiger charge is -2.40. The number of ether oxygens (including phenoxy) is 1. The highest BCUT2D eigenvalue weighted by Crippen LogP contribution is 2.39. The number of pyridine rings is 1. The van der Waals surface area contributed by atoms with Gasteiger partial charge < -0.3 is 20.7 Å². The Balaban J connectivity index is 1.44. The van der Waals surface area contributed by atoms with Crippen molar-refractivity contribution in [2.75, 3.05) is 11.2 Å². The molecular weight excluding hydrogens is 492 g/mol. The summed E-state index contributed by atoms with van der Waals surface area (Å²) in [6.45, 7) is 3.22. The second kappa shape index (κ2) is 9.31. The topological polar surface area (TPSA) is 132 Å². The largest absolute Gasteiger partial charge is 0.477 e. The van der Waals surface area contributed by atoms with Crippen molar-refractivity contribution in [2.24, 2.45) is 5.73 Å². The minimum Gasteiger partial charge on any atom is -0.477 e. The zero-order valence-corrected chi connectivity index (χ0v) is 21.4. The molecule has 0 radical (unpaired) electrons. The summed E-state index contributed by atoms with van der Waals surface area (Å²) in [5.74, 6) is 0.0404.